The van der Waals surface area contributed by atoms with Crippen LogP contribution in [-0.2, 0) is 10.3 Å². The smallest absolute Gasteiger partial charge is 0.261 e. The molecular weight excluding hydrogens is 244 g/mol. The molecule has 1 aromatic carbocycles. The number of aromatic nitrogens is 2. The highest BCUT2D eigenvalue weighted by Crippen LogP contribution is 2.32. The first-order chi connectivity index (χ1) is 8.95. The van der Waals surface area contributed by atoms with Crippen molar-refractivity contribution in [3.05, 3.63) is 29.6 Å². The number of nitrogens with zero attached hydrogens (tertiary/aromatic N) is 2. The Morgan fingerprint density at radius 3 is 2.79 bits per heavy atom. The fourth-order valence-corrected chi connectivity index (χ4v) is 1.83. The number of phenolic OH excluding ortho intramolecular Hbond substituents is 1. The monoisotopic (exact) mass is 262 g/mol. The van der Waals surface area contributed by atoms with E-state index < -0.39 is 5.60 Å². The van der Waals surface area contributed by atoms with Crippen molar-refractivity contribution in [2.75, 3.05) is 6.61 Å². The van der Waals surface area contributed by atoms with E-state index in [1.165, 1.54) is 0 Å². The first kappa shape index (κ1) is 13.5. The molecule has 0 unspecified atom stereocenters. The van der Waals surface area contributed by atoms with E-state index >= 15 is 0 Å². The first-order valence-electron chi connectivity index (χ1n) is 6.23. The van der Waals surface area contributed by atoms with Gasteiger partial charge in [0.15, 0.2) is 0 Å². The fraction of sp³-hybridized carbons (Fsp3) is 0.429. The van der Waals surface area contributed by atoms with Gasteiger partial charge in [0.25, 0.3) is 5.89 Å². The minimum atomic E-state index is -0.615. The Bertz CT molecular complexity index is 576. The van der Waals surface area contributed by atoms with E-state index in [9.17, 15) is 5.11 Å². The van der Waals surface area contributed by atoms with Gasteiger partial charge in [0.1, 0.15) is 11.4 Å². The zero-order chi connectivity index (χ0) is 14.0. The van der Waals surface area contributed by atoms with Crippen LogP contribution in [0.5, 0.6) is 5.75 Å². The SMILES string of the molecule is CCOC(C)(C)c1noc(-c2cccc(C)c2O)n1. The lowest BCUT2D eigenvalue weighted by atomic mass is 10.1. The van der Waals surface area contributed by atoms with Gasteiger partial charge in [-0.25, -0.2) is 0 Å². The number of ether oxygens (including phenoxy) is 1. The van der Waals surface area contributed by atoms with Gasteiger partial charge in [-0.15, -0.1) is 0 Å². The van der Waals surface area contributed by atoms with Crippen LogP contribution in [-0.4, -0.2) is 21.9 Å². The molecule has 0 saturated carbocycles. The molecule has 0 radical (unpaired) electrons. The van der Waals surface area contributed by atoms with Gasteiger partial charge in [-0.3, -0.25) is 0 Å². The number of rotatable bonds is 4. The third-order valence-corrected chi connectivity index (χ3v) is 2.94. The molecule has 0 aliphatic rings. The molecule has 5 nitrogen and oxygen atoms in total. The zero-order valence-corrected chi connectivity index (χ0v) is 11.6. The minimum absolute atomic E-state index is 0.159. The Morgan fingerprint density at radius 1 is 1.37 bits per heavy atom. The van der Waals surface area contributed by atoms with E-state index in [4.69, 9.17) is 9.26 Å². The van der Waals surface area contributed by atoms with Crippen LogP contribution in [0.3, 0.4) is 0 Å². The third-order valence-electron chi connectivity index (χ3n) is 2.94. The maximum atomic E-state index is 10.0. The van der Waals surface area contributed by atoms with Crippen LogP contribution < -0.4 is 0 Å². The van der Waals surface area contributed by atoms with Gasteiger partial charge in [0, 0.05) is 6.61 Å². The van der Waals surface area contributed by atoms with Gasteiger partial charge >= 0.3 is 0 Å². The summed E-state index contributed by atoms with van der Waals surface area (Å²) in [5.74, 6) is 0.918. The number of hydrogen-bond acceptors (Lipinski definition) is 5. The molecule has 5 heteroatoms. The average Bonchev–Trinajstić information content (AvgIpc) is 2.82. The maximum Gasteiger partial charge on any atom is 0.261 e. The lowest BCUT2D eigenvalue weighted by molar-refractivity contribution is -0.0221. The van der Waals surface area contributed by atoms with Crippen molar-refractivity contribution in [1.29, 1.82) is 0 Å². The largest absolute Gasteiger partial charge is 0.507 e. The molecule has 2 rings (SSSR count). The molecule has 0 aliphatic heterocycles. The third kappa shape index (κ3) is 2.61. The molecule has 102 valence electrons. The summed E-state index contributed by atoms with van der Waals surface area (Å²) in [7, 11) is 0. The maximum absolute atomic E-state index is 10.0. The van der Waals surface area contributed by atoms with Crippen molar-refractivity contribution in [1.82, 2.24) is 10.1 Å². The second kappa shape index (κ2) is 5.01. The molecule has 19 heavy (non-hydrogen) atoms. The summed E-state index contributed by atoms with van der Waals surface area (Å²) in [6.07, 6.45) is 0. The lowest BCUT2D eigenvalue weighted by Gasteiger charge is -2.19. The standard InChI is InChI=1S/C14H18N2O3/c1-5-18-14(3,4)13-15-12(19-16-13)10-8-6-7-9(2)11(10)17/h6-8,17H,5H2,1-4H3. The average molecular weight is 262 g/mol. The summed E-state index contributed by atoms with van der Waals surface area (Å²) in [5, 5.41) is 13.9. The highest BCUT2D eigenvalue weighted by molar-refractivity contribution is 5.64. The summed E-state index contributed by atoms with van der Waals surface area (Å²) >= 11 is 0. The van der Waals surface area contributed by atoms with Gasteiger partial charge in [0.05, 0.1) is 5.56 Å². The topological polar surface area (TPSA) is 68.4 Å². The number of para-hydroxylation sites is 1. The van der Waals surface area contributed by atoms with Gasteiger partial charge in [-0.1, -0.05) is 17.3 Å². The van der Waals surface area contributed by atoms with Crippen LogP contribution in [0.2, 0.25) is 0 Å². The van der Waals surface area contributed by atoms with Crippen LogP contribution in [0.4, 0.5) is 0 Å². The fourth-order valence-electron chi connectivity index (χ4n) is 1.83. The summed E-state index contributed by atoms with van der Waals surface area (Å²) in [4.78, 5) is 4.31. The molecule has 0 bridgehead atoms. The second-order valence-electron chi connectivity index (χ2n) is 4.84. The van der Waals surface area contributed by atoms with Gasteiger partial charge in [-0.05, 0) is 39.3 Å². The van der Waals surface area contributed by atoms with Gasteiger partial charge in [-0.2, -0.15) is 4.98 Å². The van der Waals surface area contributed by atoms with Crippen LogP contribution in [0.25, 0.3) is 11.5 Å². The molecule has 1 heterocycles. The summed E-state index contributed by atoms with van der Waals surface area (Å²) in [6.45, 7) is 8.05. The molecular formula is C14H18N2O3. The van der Waals surface area contributed by atoms with E-state index in [1.807, 2.05) is 39.8 Å². The molecule has 0 aliphatic carbocycles. The number of aryl methyl sites for hydroxylation is 1. The Kier molecular flexibility index (Phi) is 3.57. The number of phenols is 1. The van der Waals surface area contributed by atoms with Crippen molar-refractivity contribution in [2.24, 2.45) is 0 Å². The molecule has 0 atom stereocenters. The van der Waals surface area contributed by atoms with E-state index in [1.54, 1.807) is 6.07 Å². The Morgan fingerprint density at radius 2 is 2.11 bits per heavy atom. The number of aromatic hydroxyl groups is 1. The van der Waals surface area contributed by atoms with E-state index in [0.717, 1.165) is 5.56 Å². The summed E-state index contributed by atoms with van der Waals surface area (Å²) in [6, 6.07) is 5.40. The second-order valence-corrected chi connectivity index (χ2v) is 4.84. The van der Waals surface area contributed by atoms with E-state index in [0.29, 0.717) is 23.9 Å². The first-order valence-corrected chi connectivity index (χ1v) is 6.23. The van der Waals surface area contributed by atoms with Crippen molar-refractivity contribution < 1.29 is 14.4 Å². The van der Waals surface area contributed by atoms with Crippen molar-refractivity contribution in [3.63, 3.8) is 0 Å². The number of hydrogen-bond donors (Lipinski definition) is 1. The minimum Gasteiger partial charge on any atom is -0.507 e. The van der Waals surface area contributed by atoms with Crippen LogP contribution in [0.1, 0.15) is 32.2 Å². The molecule has 0 spiro atoms. The number of benzene rings is 1. The Balaban J connectivity index is 2.39. The molecule has 0 amide bonds. The highest BCUT2D eigenvalue weighted by atomic mass is 16.5. The lowest BCUT2D eigenvalue weighted by Crippen LogP contribution is -2.23. The quantitative estimate of drug-likeness (QED) is 0.917. The summed E-state index contributed by atoms with van der Waals surface area (Å²) in [5.41, 5.74) is 0.683. The Labute approximate surface area is 112 Å². The predicted molar refractivity (Wildman–Crippen MR) is 70.8 cm³/mol. The summed E-state index contributed by atoms with van der Waals surface area (Å²) < 4.78 is 10.8. The zero-order valence-electron chi connectivity index (χ0n) is 11.6. The Hall–Kier alpha value is -1.88. The van der Waals surface area contributed by atoms with Crippen LogP contribution >= 0.6 is 0 Å². The van der Waals surface area contributed by atoms with Crippen molar-refractivity contribution in [3.8, 4) is 17.2 Å². The van der Waals surface area contributed by atoms with E-state index in [-0.39, 0.29) is 5.75 Å². The normalized spacial score (nSPS) is 11.8. The van der Waals surface area contributed by atoms with Gasteiger partial charge < -0.3 is 14.4 Å². The van der Waals surface area contributed by atoms with Gasteiger partial charge in [0.2, 0.25) is 5.82 Å². The van der Waals surface area contributed by atoms with Crippen molar-refractivity contribution >= 4 is 0 Å². The molecule has 0 fully saturated rings. The highest BCUT2D eigenvalue weighted by Gasteiger charge is 2.28. The van der Waals surface area contributed by atoms with Crippen LogP contribution in [0, 0.1) is 6.92 Å². The molecule has 2 aromatic rings. The molecule has 1 N–H and O–H groups in total. The van der Waals surface area contributed by atoms with Crippen molar-refractivity contribution in [2.45, 2.75) is 33.3 Å². The van der Waals surface area contributed by atoms with Crippen LogP contribution in [0.15, 0.2) is 22.7 Å². The van der Waals surface area contributed by atoms with E-state index in [2.05, 4.69) is 10.1 Å². The predicted octanol–water partition coefficient (Wildman–Crippen LogP) is 3.02. The molecule has 0 saturated heterocycles. The molecule has 1 aromatic heterocycles.